The summed E-state index contributed by atoms with van der Waals surface area (Å²) in [6.45, 7) is 5.44. The van der Waals surface area contributed by atoms with Gasteiger partial charge in [-0.05, 0) is 79.1 Å². The number of likely N-dealkylation sites (tertiary alicyclic amines) is 1. The van der Waals surface area contributed by atoms with Gasteiger partial charge < -0.3 is 10.2 Å². The molecule has 1 aliphatic rings. The predicted molar refractivity (Wildman–Crippen MR) is 76.1 cm³/mol. The van der Waals surface area contributed by atoms with Crippen LogP contribution in [0.4, 0.5) is 4.39 Å². The van der Waals surface area contributed by atoms with Gasteiger partial charge in [-0.1, -0.05) is 6.07 Å². The van der Waals surface area contributed by atoms with Gasteiger partial charge in [-0.15, -0.1) is 0 Å². The Labute approximate surface area is 117 Å². The molecule has 0 unspecified atom stereocenters. The molecular weight excluding hydrogens is 295 g/mol. The lowest BCUT2D eigenvalue weighted by Gasteiger charge is -2.14. The first kappa shape index (κ1) is 14.0. The highest BCUT2D eigenvalue weighted by Gasteiger charge is 2.09. The van der Waals surface area contributed by atoms with Crippen LogP contribution in [0.15, 0.2) is 22.7 Å². The van der Waals surface area contributed by atoms with E-state index in [-0.39, 0.29) is 5.82 Å². The third-order valence-corrected chi connectivity index (χ3v) is 3.98. The Balaban J connectivity index is 1.61. The summed E-state index contributed by atoms with van der Waals surface area (Å²) in [5.41, 5.74) is 0.997. The predicted octanol–water partition coefficient (Wildman–Crippen LogP) is 3.16. The van der Waals surface area contributed by atoms with Gasteiger partial charge in [0.1, 0.15) is 5.82 Å². The van der Waals surface area contributed by atoms with E-state index in [1.54, 1.807) is 12.1 Å². The minimum atomic E-state index is -0.189. The number of halogens is 2. The van der Waals surface area contributed by atoms with Crippen LogP contribution < -0.4 is 5.32 Å². The highest BCUT2D eigenvalue weighted by Crippen LogP contribution is 2.16. The van der Waals surface area contributed by atoms with Crippen LogP contribution in [-0.4, -0.2) is 31.1 Å². The van der Waals surface area contributed by atoms with Crippen molar-refractivity contribution in [3.8, 4) is 0 Å². The Bertz CT molecular complexity index is 378. The van der Waals surface area contributed by atoms with Crippen LogP contribution in [0.5, 0.6) is 0 Å². The first-order valence-corrected chi connectivity index (χ1v) is 7.42. The normalized spacial score (nSPS) is 16.3. The molecule has 0 amide bonds. The molecule has 0 spiro atoms. The molecule has 0 saturated carbocycles. The molecule has 0 aromatic heterocycles. The molecule has 2 rings (SSSR count). The maximum atomic E-state index is 13.3. The van der Waals surface area contributed by atoms with Gasteiger partial charge >= 0.3 is 0 Å². The summed E-state index contributed by atoms with van der Waals surface area (Å²) in [5, 5.41) is 3.36. The van der Waals surface area contributed by atoms with E-state index in [2.05, 4.69) is 26.1 Å². The van der Waals surface area contributed by atoms with Gasteiger partial charge in [-0.3, -0.25) is 0 Å². The van der Waals surface area contributed by atoms with E-state index in [4.69, 9.17) is 0 Å². The molecule has 1 aromatic carbocycles. The van der Waals surface area contributed by atoms with E-state index in [9.17, 15) is 4.39 Å². The molecule has 0 radical (unpaired) electrons. The van der Waals surface area contributed by atoms with Crippen molar-refractivity contribution < 1.29 is 4.39 Å². The first-order valence-electron chi connectivity index (χ1n) is 6.63. The Morgan fingerprint density at radius 2 is 2.06 bits per heavy atom. The average Bonchev–Trinajstić information content (AvgIpc) is 2.86. The topological polar surface area (TPSA) is 15.3 Å². The third-order valence-electron chi connectivity index (χ3n) is 3.34. The largest absolute Gasteiger partial charge is 0.313 e. The molecule has 100 valence electrons. The van der Waals surface area contributed by atoms with E-state index in [1.165, 1.54) is 38.9 Å². The number of benzene rings is 1. The second-order valence-corrected chi connectivity index (χ2v) is 5.68. The summed E-state index contributed by atoms with van der Waals surface area (Å²) in [4.78, 5) is 2.51. The van der Waals surface area contributed by atoms with Crippen LogP contribution in [0, 0.1) is 5.82 Å². The van der Waals surface area contributed by atoms with Crippen molar-refractivity contribution in [1.29, 1.82) is 0 Å². The van der Waals surface area contributed by atoms with E-state index in [1.807, 2.05) is 6.07 Å². The highest BCUT2D eigenvalue weighted by molar-refractivity contribution is 9.10. The molecule has 0 bridgehead atoms. The van der Waals surface area contributed by atoms with E-state index in [0.29, 0.717) is 4.47 Å². The Morgan fingerprint density at radius 1 is 1.28 bits per heavy atom. The number of hydrogen-bond donors (Lipinski definition) is 1. The lowest BCUT2D eigenvalue weighted by molar-refractivity contribution is 0.331. The SMILES string of the molecule is Fc1cc(CNCCCN2CCCC2)ccc1Br. The zero-order chi connectivity index (χ0) is 12.8. The van der Waals surface area contributed by atoms with Gasteiger partial charge in [0.05, 0.1) is 4.47 Å². The Morgan fingerprint density at radius 3 is 2.78 bits per heavy atom. The lowest BCUT2D eigenvalue weighted by Crippen LogP contribution is -2.24. The van der Waals surface area contributed by atoms with Gasteiger partial charge in [0.15, 0.2) is 0 Å². The van der Waals surface area contributed by atoms with Crippen LogP contribution in [0.3, 0.4) is 0 Å². The van der Waals surface area contributed by atoms with Gasteiger partial charge in [-0.2, -0.15) is 0 Å². The summed E-state index contributed by atoms with van der Waals surface area (Å²) in [6.07, 6.45) is 3.87. The summed E-state index contributed by atoms with van der Waals surface area (Å²) in [7, 11) is 0. The van der Waals surface area contributed by atoms with Crippen molar-refractivity contribution in [2.24, 2.45) is 0 Å². The van der Waals surface area contributed by atoms with Gasteiger partial charge in [0.25, 0.3) is 0 Å². The summed E-state index contributed by atoms with van der Waals surface area (Å²) < 4.78 is 13.8. The number of hydrogen-bond acceptors (Lipinski definition) is 2. The zero-order valence-corrected chi connectivity index (χ0v) is 12.2. The fourth-order valence-electron chi connectivity index (χ4n) is 2.32. The number of rotatable bonds is 6. The Kier molecular flexibility index (Phi) is 5.60. The zero-order valence-electron chi connectivity index (χ0n) is 10.6. The second-order valence-electron chi connectivity index (χ2n) is 4.83. The molecule has 1 heterocycles. The molecule has 2 nitrogen and oxygen atoms in total. The molecular formula is C14H20BrFN2. The van der Waals surface area contributed by atoms with Crippen LogP contribution in [0.25, 0.3) is 0 Å². The molecule has 1 saturated heterocycles. The summed E-state index contributed by atoms with van der Waals surface area (Å²) in [6, 6.07) is 5.29. The minimum absolute atomic E-state index is 0.189. The monoisotopic (exact) mass is 314 g/mol. The van der Waals surface area contributed by atoms with Gasteiger partial charge in [0.2, 0.25) is 0 Å². The first-order chi connectivity index (χ1) is 8.75. The summed E-state index contributed by atoms with van der Waals surface area (Å²) >= 11 is 3.16. The van der Waals surface area contributed by atoms with Crippen molar-refractivity contribution in [2.75, 3.05) is 26.2 Å². The fourth-order valence-corrected chi connectivity index (χ4v) is 2.56. The quantitative estimate of drug-likeness (QED) is 0.811. The molecule has 1 N–H and O–H groups in total. The van der Waals surface area contributed by atoms with Crippen LogP contribution in [0.2, 0.25) is 0 Å². The maximum Gasteiger partial charge on any atom is 0.137 e. The smallest absolute Gasteiger partial charge is 0.137 e. The second kappa shape index (κ2) is 7.22. The summed E-state index contributed by atoms with van der Waals surface area (Å²) in [5.74, 6) is -0.189. The molecule has 1 fully saturated rings. The minimum Gasteiger partial charge on any atom is -0.313 e. The van der Waals surface area contributed by atoms with Gasteiger partial charge in [-0.25, -0.2) is 4.39 Å². The van der Waals surface area contributed by atoms with Crippen LogP contribution in [-0.2, 0) is 6.54 Å². The van der Waals surface area contributed by atoms with Crippen LogP contribution >= 0.6 is 15.9 Å². The third kappa shape index (κ3) is 4.34. The molecule has 0 aliphatic carbocycles. The van der Waals surface area contributed by atoms with Crippen LogP contribution in [0.1, 0.15) is 24.8 Å². The fraction of sp³-hybridized carbons (Fsp3) is 0.571. The van der Waals surface area contributed by atoms with E-state index < -0.39 is 0 Å². The lowest BCUT2D eigenvalue weighted by atomic mass is 10.2. The maximum absolute atomic E-state index is 13.3. The van der Waals surface area contributed by atoms with E-state index in [0.717, 1.165) is 18.7 Å². The van der Waals surface area contributed by atoms with Crippen molar-refractivity contribution in [2.45, 2.75) is 25.8 Å². The molecule has 4 heteroatoms. The van der Waals surface area contributed by atoms with E-state index >= 15 is 0 Å². The van der Waals surface area contributed by atoms with Crippen molar-refractivity contribution in [3.63, 3.8) is 0 Å². The number of nitrogens with one attached hydrogen (secondary N) is 1. The van der Waals surface area contributed by atoms with Crippen molar-refractivity contribution in [1.82, 2.24) is 10.2 Å². The molecule has 1 aromatic rings. The molecule has 0 atom stereocenters. The highest BCUT2D eigenvalue weighted by atomic mass is 79.9. The van der Waals surface area contributed by atoms with Crippen molar-refractivity contribution >= 4 is 15.9 Å². The van der Waals surface area contributed by atoms with Gasteiger partial charge in [0, 0.05) is 6.54 Å². The van der Waals surface area contributed by atoms with Crippen molar-refractivity contribution in [3.05, 3.63) is 34.1 Å². The molecule has 1 aliphatic heterocycles. The Hall–Kier alpha value is -0.450. The number of nitrogens with zero attached hydrogens (tertiary/aromatic N) is 1. The average molecular weight is 315 g/mol. The molecule has 18 heavy (non-hydrogen) atoms. The standard InChI is InChI=1S/C14H20BrFN2/c15-13-5-4-12(10-14(13)16)11-17-6-3-9-18-7-1-2-8-18/h4-5,10,17H,1-3,6-9,11H2.